The first-order valence-corrected chi connectivity index (χ1v) is 7.62. The number of amides is 1. The van der Waals surface area contributed by atoms with Crippen molar-refractivity contribution in [1.82, 2.24) is 5.32 Å². The summed E-state index contributed by atoms with van der Waals surface area (Å²) in [4.78, 5) is 12.0. The van der Waals surface area contributed by atoms with Gasteiger partial charge in [-0.2, -0.15) is 11.8 Å². The summed E-state index contributed by atoms with van der Waals surface area (Å²) >= 11 is 1.78. The van der Waals surface area contributed by atoms with Crippen molar-refractivity contribution in [1.29, 1.82) is 0 Å². The van der Waals surface area contributed by atoms with E-state index >= 15 is 0 Å². The van der Waals surface area contributed by atoms with Crippen molar-refractivity contribution in [2.45, 2.75) is 31.4 Å². The minimum absolute atomic E-state index is 0.0604. The molecular formula is C14H22N2O2S. The number of benzene rings is 1. The Kier molecular flexibility index (Phi) is 5.54. The second kappa shape index (κ2) is 6.70. The number of carbonyl (C=O) groups is 1. The summed E-state index contributed by atoms with van der Waals surface area (Å²) in [6, 6.07) is 4.54. The summed E-state index contributed by atoms with van der Waals surface area (Å²) < 4.78 is 0.0749. The van der Waals surface area contributed by atoms with Crippen molar-refractivity contribution >= 4 is 23.4 Å². The molecule has 0 unspecified atom stereocenters. The van der Waals surface area contributed by atoms with Gasteiger partial charge >= 0.3 is 0 Å². The van der Waals surface area contributed by atoms with Crippen LogP contribution in [0, 0.1) is 0 Å². The van der Waals surface area contributed by atoms with E-state index in [0.717, 1.165) is 12.8 Å². The first-order valence-electron chi connectivity index (χ1n) is 6.40. The average Bonchev–Trinajstić information content (AvgIpc) is 2.43. The molecule has 5 heteroatoms. The summed E-state index contributed by atoms with van der Waals surface area (Å²) in [5.74, 6) is -0.245. The number of hydrogen-bond donors (Lipinski definition) is 3. The monoisotopic (exact) mass is 282 g/mol. The van der Waals surface area contributed by atoms with Crippen LogP contribution in [-0.2, 0) is 0 Å². The van der Waals surface area contributed by atoms with Crippen LogP contribution >= 0.6 is 11.8 Å². The fourth-order valence-electron chi connectivity index (χ4n) is 1.89. The van der Waals surface area contributed by atoms with E-state index in [0.29, 0.717) is 12.1 Å². The lowest BCUT2D eigenvalue weighted by atomic mass is 10.0. The van der Waals surface area contributed by atoms with Crippen LogP contribution in [0.25, 0.3) is 0 Å². The predicted octanol–water partition coefficient (Wildman–Crippen LogP) is 2.63. The SMILES string of the molecule is CCC(CC)(CNC(=O)c1ccc(N)c(O)c1)SC. The molecule has 0 heterocycles. The predicted molar refractivity (Wildman–Crippen MR) is 81.7 cm³/mol. The maximum atomic E-state index is 12.0. The second-order valence-corrected chi connectivity index (χ2v) is 5.82. The molecule has 1 rings (SSSR count). The number of phenols is 1. The molecule has 19 heavy (non-hydrogen) atoms. The topological polar surface area (TPSA) is 75.4 Å². The second-order valence-electron chi connectivity index (χ2n) is 4.55. The van der Waals surface area contributed by atoms with Gasteiger partial charge in [-0.05, 0) is 37.3 Å². The molecule has 0 saturated carbocycles. The third kappa shape index (κ3) is 3.80. The molecule has 0 spiro atoms. The van der Waals surface area contributed by atoms with E-state index in [1.807, 2.05) is 0 Å². The Balaban J connectivity index is 2.72. The van der Waals surface area contributed by atoms with Crippen molar-refractivity contribution < 1.29 is 9.90 Å². The van der Waals surface area contributed by atoms with E-state index in [1.165, 1.54) is 12.1 Å². The molecule has 4 N–H and O–H groups in total. The highest BCUT2D eigenvalue weighted by atomic mass is 32.2. The van der Waals surface area contributed by atoms with Gasteiger partial charge in [0.15, 0.2) is 0 Å². The summed E-state index contributed by atoms with van der Waals surface area (Å²) in [5, 5.41) is 12.4. The van der Waals surface area contributed by atoms with Gasteiger partial charge in [-0.1, -0.05) is 13.8 Å². The Labute approximate surface area is 118 Å². The molecule has 0 radical (unpaired) electrons. The van der Waals surface area contributed by atoms with E-state index in [4.69, 9.17) is 5.73 Å². The number of aromatic hydroxyl groups is 1. The number of anilines is 1. The molecular weight excluding hydrogens is 260 g/mol. The van der Waals surface area contributed by atoms with E-state index in [-0.39, 0.29) is 22.1 Å². The maximum absolute atomic E-state index is 12.0. The average molecular weight is 282 g/mol. The van der Waals surface area contributed by atoms with Crippen LogP contribution in [0.3, 0.4) is 0 Å². The van der Waals surface area contributed by atoms with Gasteiger partial charge in [-0.25, -0.2) is 0 Å². The van der Waals surface area contributed by atoms with Crippen molar-refractivity contribution in [2.24, 2.45) is 0 Å². The highest BCUT2D eigenvalue weighted by molar-refractivity contribution is 8.00. The molecule has 4 nitrogen and oxygen atoms in total. The van der Waals surface area contributed by atoms with Crippen LogP contribution in [0.5, 0.6) is 5.75 Å². The lowest BCUT2D eigenvalue weighted by Crippen LogP contribution is -2.39. The van der Waals surface area contributed by atoms with Crippen molar-refractivity contribution in [2.75, 3.05) is 18.5 Å². The van der Waals surface area contributed by atoms with Crippen LogP contribution in [0.2, 0.25) is 0 Å². The standard InChI is InChI=1S/C14H22N2O2S/c1-4-14(5-2,19-3)9-16-13(18)10-6-7-11(15)12(17)8-10/h6-8,17H,4-5,9,15H2,1-3H3,(H,16,18). The zero-order chi connectivity index (χ0) is 14.5. The highest BCUT2D eigenvalue weighted by Crippen LogP contribution is 2.29. The Morgan fingerprint density at radius 2 is 2.05 bits per heavy atom. The van der Waals surface area contributed by atoms with Crippen molar-refractivity contribution in [3.8, 4) is 5.75 Å². The van der Waals surface area contributed by atoms with Gasteiger partial charge in [0.1, 0.15) is 5.75 Å². The van der Waals surface area contributed by atoms with Crippen LogP contribution in [0.15, 0.2) is 18.2 Å². The molecule has 106 valence electrons. The number of carbonyl (C=O) groups excluding carboxylic acids is 1. The summed E-state index contributed by atoms with van der Waals surface area (Å²) in [6.07, 6.45) is 4.06. The molecule has 0 bridgehead atoms. The third-order valence-corrected chi connectivity index (χ3v) is 5.17. The molecule has 0 atom stereocenters. The van der Waals surface area contributed by atoms with Crippen molar-refractivity contribution in [3.05, 3.63) is 23.8 Å². The minimum atomic E-state index is -0.185. The third-order valence-electron chi connectivity index (χ3n) is 3.59. The number of thioether (sulfide) groups is 1. The lowest BCUT2D eigenvalue weighted by Gasteiger charge is -2.29. The highest BCUT2D eigenvalue weighted by Gasteiger charge is 2.25. The summed E-state index contributed by atoms with van der Waals surface area (Å²) in [6.45, 7) is 4.87. The van der Waals surface area contributed by atoms with Gasteiger partial charge in [0.2, 0.25) is 0 Å². The van der Waals surface area contributed by atoms with Crippen LogP contribution in [0.1, 0.15) is 37.0 Å². The maximum Gasteiger partial charge on any atom is 0.251 e. The van der Waals surface area contributed by atoms with Crippen LogP contribution in [0.4, 0.5) is 5.69 Å². The Bertz CT molecular complexity index is 437. The van der Waals surface area contributed by atoms with Crippen molar-refractivity contribution in [3.63, 3.8) is 0 Å². The summed E-state index contributed by atoms with van der Waals surface area (Å²) in [5.41, 5.74) is 6.21. The van der Waals surface area contributed by atoms with Gasteiger partial charge in [-0.15, -0.1) is 0 Å². The van der Waals surface area contributed by atoms with E-state index in [9.17, 15) is 9.90 Å². The van der Waals surface area contributed by atoms with Crippen LogP contribution < -0.4 is 11.1 Å². The summed E-state index contributed by atoms with van der Waals surface area (Å²) in [7, 11) is 0. The number of nitrogens with one attached hydrogen (secondary N) is 1. The molecule has 0 aliphatic carbocycles. The van der Waals surface area contributed by atoms with Gasteiger partial charge in [0, 0.05) is 16.9 Å². The number of nitrogens with two attached hydrogens (primary N) is 1. The van der Waals surface area contributed by atoms with E-state index < -0.39 is 0 Å². The largest absolute Gasteiger partial charge is 0.506 e. The molecule has 0 aromatic heterocycles. The number of hydrogen-bond acceptors (Lipinski definition) is 4. The molecule has 0 aliphatic heterocycles. The number of rotatable bonds is 6. The molecule has 1 amide bonds. The molecule has 1 aromatic rings. The molecule has 0 aliphatic rings. The zero-order valence-electron chi connectivity index (χ0n) is 11.7. The van der Waals surface area contributed by atoms with Gasteiger partial charge in [0.05, 0.1) is 5.69 Å². The molecule has 1 aromatic carbocycles. The fraction of sp³-hybridized carbons (Fsp3) is 0.500. The van der Waals surface area contributed by atoms with E-state index in [1.54, 1.807) is 17.8 Å². The Morgan fingerprint density at radius 1 is 1.42 bits per heavy atom. The Morgan fingerprint density at radius 3 is 2.53 bits per heavy atom. The first kappa shape index (κ1) is 15.7. The minimum Gasteiger partial charge on any atom is -0.506 e. The zero-order valence-corrected chi connectivity index (χ0v) is 12.5. The first-order chi connectivity index (χ1) is 8.98. The van der Waals surface area contributed by atoms with Gasteiger partial charge in [-0.3, -0.25) is 4.79 Å². The van der Waals surface area contributed by atoms with Crippen LogP contribution in [-0.4, -0.2) is 28.6 Å². The quantitative estimate of drug-likeness (QED) is 0.554. The normalized spacial score (nSPS) is 11.3. The molecule has 0 saturated heterocycles. The Hall–Kier alpha value is -1.36. The smallest absolute Gasteiger partial charge is 0.251 e. The van der Waals surface area contributed by atoms with Gasteiger partial charge < -0.3 is 16.2 Å². The van der Waals surface area contributed by atoms with Gasteiger partial charge in [0.25, 0.3) is 5.91 Å². The van der Waals surface area contributed by atoms with E-state index in [2.05, 4.69) is 25.4 Å². The fourth-order valence-corrected chi connectivity index (χ4v) is 2.68. The number of phenolic OH excluding ortho intramolecular Hbond substituents is 1. The lowest BCUT2D eigenvalue weighted by molar-refractivity contribution is 0.0948. The molecule has 0 fully saturated rings. The number of nitrogen functional groups attached to an aromatic ring is 1.